The molecule has 27 heavy (non-hydrogen) atoms. The number of nitrogens with zero attached hydrogens (tertiary/aromatic N) is 1. The summed E-state index contributed by atoms with van der Waals surface area (Å²) in [5, 5.41) is 8.86. The molecule has 8 heteroatoms. The summed E-state index contributed by atoms with van der Waals surface area (Å²) in [6.07, 6.45) is 3.41. The predicted octanol–water partition coefficient (Wildman–Crippen LogP) is 1.66. The number of pyridine rings is 1. The first-order valence-electron chi connectivity index (χ1n) is 8.66. The Labute approximate surface area is 157 Å². The van der Waals surface area contributed by atoms with Gasteiger partial charge in [-0.2, -0.15) is 0 Å². The fourth-order valence-electron chi connectivity index (χ4n) is 2.75. The lowest BCUT2D eigenvalue weighted by Gasteiger charge is -2.23. The van der Waals surface area contributed by atoms with E-state index in [9.17, 15) is 9.59 Å². The molecule has 1 aliphatic rings. The fraction of sp³-hybridized carbons (Fsp3) is 0.316. The average molecular weight is 370 g/mol. The molecule has 142 valence electrons. The van der Waals surface area contributed by atoms with E-state index < -0.39 is 0 Å². The second kappa shape index (κ2) is 9.11. The van der Waals surface area contributed by atoms with Gasteiger partial charge < -0.3 is 25.4 Å². The zero-order chi connectivity index (χ0) is 19.1. The van der Waals surface area contributed by atoms with Crippen molar-refractivity contribution in [1.29, 1.82) is 0 Å². The molecule has 1 unspecified atom stereocenters. The number of morpholine rings is 1. The Bertz CT molecular complexity index is 792. The number of carbonyl (C=O) groups is 2. The lowest BCUT2D eigenvalue weighted by Crippen LogP contribution is -2.43. The largest absolute Gasteiger partial charge is 0.494 e. The topological polar surface area (TPSA) is 102 Å². The van der Waals surface area contributed by atoms with Crippen LogP contribution in [0.25, 0.3) is 0 Å². The Kier molecular flexibility index (Phi) is 6.35. The van der Waals surface area contributed by atoms with E-state index in [4.69, 9.17) is 9.47 Å². The number of ether oxygens (including phenoxy) is 2. The minimum atomic E-state index is -0.290. The number of rotatable bonds is 6. The van der Waals surface area contributed by atoms with E-state index in [0.717, 1.165) is 6.54 Å². The van der Waals surface area contributed by atoms with Gasteiger partial charge in [0.15, 0.2) is 0 Å². The molecule has 2 amide bonds. The van der Waals surface area contributed by atoms with Crippen molar-refractivity contribution in [3.8, 4) is 5.75 Å². The molecule has 3 N–H and O–H groups in total. The van der Waals surface area contributed by atoms with Gasteiger partial charge in [0.25, 0.3) is 5.91 Å². The van der Waals surface area contributed by atoms with Gasteiger partial charge >= 0.3 is 0 Å². The number of aromatic nitrogens is 1. The van der Waals surface area contributed by atoms with E-state index in [1.807, 2.05) is 0 Å². The molecular formula is C19H22N4O4. The van der Waals surface area contributed by atoms with Crippen LogP contribution in [0.15, 0.2) is 42.7 Å². The Balaban J connectivity index is 1.63. The van der Waals surface area contributed by atoms with Gasteiger partial charge in [-0.15, -0.1) is 0 Å². The Morgan fingerprint density at radius 3 is 2.93 bits per heavy atom. The highest BCUT2D eigenvalue weighted by atomic mass is 16.5. The van der Waals surface area contributed by atoms with E-state index in [0.29, 0.717) is 42.3 Å². The lowest BCUT2D eigenvalue weighted by molar-refractivity contribution is -0.117. The summed E-state index contributed by atoms with van der Waals surface area (Å²) >= 11 is 0. The molecule has 1 aliphatic heterocycles. The van der Waals surface area contributed by atoms with Crippen molar-refractivity contribution >= 4 is 23.2 Å². The van der Waals surface area contributed by atoms with Gasteiger partial charge in [-0.1, -0.05) is 0 Å². The molecule has 1 atom stereocenters. The first-order chi connectivity index (χ1) is 13.2. The molecule has 0 radical (unpaired) electrons. The fourth-order valence-corrected chi connectivity index (χ4v) is 2.75. The average Bonchev–Trinajstić information content (AvgIpc) is 2.70. The number of hydrogen-bond donors (Lipinski definition) is 3. The number of methoxy groups -OCH3 is 1. The van der Waals surface area contributed by atoms with Crippen molar-refractivity contribution in [1.82, 2.24) is 10.3 Å². The summed E-state index contributed by atoms with van der Waals surface area (Å²) in [4.78, 5) is 28.4. The minimum Gasteiger partial charge on any atom is -0.494 e. The molecule has 0 aliphatic carbocycles. The maximum atomic E-state index is 12.3. The zero-order valence-electron chi connectivity index (χ0n) is 15.0. The Morgan fingerprint density at radius 2 is 2.22 bits per heavy atom. The highest BCUT2D eigenvalue weighted by Gasteiger charge is 2.17. The monoisotopic (exact) mass is 370 g/mol. The standard InChI is InChI=1S/C19H22N4O4/c1-26-17-9-14(22-18(24)10-15-12-27-8-7-21-15)4-5-16(17)23-19(25)13-3-2-6-20-11-13/h2-6,9,11,15,21H,7-8,10,12H2,1H3,(H,22,24)(H,23,25). The second-order valence-electron chi connectivity index (χ2n) is 6.09. The molecule has 2 aromatic rings. The normalized spacial score (nSPS) is 16.4. The smallest absolute Gasteiger partial charge is 0.257 e. The molecule has 0 saturated carbocycles. The maximum absolute atomic E-state index is 12.3. The molecule has 1 aromatic carbocycles. The first kappa shape index (κ1) is 18.8. The van der Waals surface area contributed by atoms with Gasteiger partial charge in [-0.3, -0.25) is 14.6 Å². The molecule has 1 aromatic heterocycles. The van der Waals surface area contributed by atoms with Crippen LogP contribution in [0.4, 0.5) is 11.4 Å². The number of carbonyl (C=O) groups excluding carboxylic acids is 2. The van der Waals surface area contributed by atoms with Crippen LogP contribution in [0.5, 0.6) is 5.75 Å². The van der Waals surface area contributed by atoms with Crippen LogP contribution in [0.3, 0.4) is 0 Å². The van der Waals surface area contributed by atoms with Crippen LogP contribution in [-0.2, 0) is 9.53 Å². The van der Waals surface area contributed by atoms with Gasteiger partial charge in [-0.05, 0) is 24.3 Å². The van der Waals surface area contributed by atoms with Crippen LogP contribution in [0.2, 0.25) is 0 Å². The van der Waals surface area contributed by atoms with Crippen LogP contribution >= 0.6 is 0 Å². The van der Waals surface area contributed by atoms with Crippen molar-refractivity contribution in [3.63, 3.8) is 0 Å². The highest BCUT2D eigenvalue weighted by molar-refractivity contribution is 6.05. The third-order valence-electron chi connectivity index (χ3n) is 4.09. The molecule has 0 bridgehead atoms. The number of nitrogens with one attached hydrogen (secondary N) is 3. The van der Waals surface area contributed by atoms with Crippen LogP contribution in [-0.4, -0.2) is 49.7 Å². The zero-order valence-corrected chi connectivity index (χ0v) is 15.0. The first-order valence-corrected chi connectivity index (χ1v) is 8.66. The summed E-state index contributed by atoms with van der Waals surface area (Å²) in [5.41, 5.74) is 1.54. The summed E-state index contributed by atoms with van der Waals surface area (Å²) < 4.78 is 10.7. The molecule has 2 heterocycles. The van der Waals surface area contributed by atoms with Crippen LogP contribution in [0.1, 0.15) is 16.8 Å². The van der Waals surface area contributed by atoms with Gasteiger partial charge in [0.2, 0.25) is 5.91 Å². The third kappa shape index (κ3) is 5.25. The number of amides is 2. The van der Waals surface area contributed by atoms with E-state index >= 15 is 0 Å². The SMILES string of the molecule is COc1cc(NC(=O)CC2COCCN2)ccc1NC(=O)c1cccnc1. The lowest BCUT2D eigenvalue weighted by atomic mass is 10.2. The van der Waals surface area contributed by atoms with Crippen molar-refractivity contribution in [2.24, 2.45) is 0 Å². The summed E-state index contributed by atoms with van der Waals surface area (Å²) in [5.74, 6) is 0.0397. The number of anilines is 2. The Hall–Kier alpha value is -2.97. The Morgan fingerprint density at radius 1 is 1.33 bits per heavy atom. The van der Waals surface area contributed by atoms with Gasteiger partial charge in [0.05, 0.1) is 31.6 Å². The molecule has 1 fully saturated rings. The van der Waals surface area contributed by atoms with Crippen LogP contribution < -0.4 is 20.7 Å². The van der Waals surface area contributed by atoms with Crippen molar-refractivity contribution in [2.75, 3.05) is 37.5 Å². The number of benzene rings is 1. The van der Waals surface area contributed by atoms with Gasteiger partial charge in [0.1, 0.15) is 5.75 Å². The summed E-state index contributed by atoms with van der Waals surface area (Å²) in [6, 6.07) is 8.44. The van der Waals surface area contributed by atoms with Crippen LogP contribution in [0, 0.1) is 0 Å². The van der Waals surface area contributed by atoms with Crippen molar-refractivity contribution in [3.05, 3.63) is 48.3 Å². The number of hydrogen-bond acceptors (Lipinski definition) is 6. The molecule has 3 rings (SSSR count). The highest BCUT2D eigenvalue weighted by Crippen LogP contribution is 2.28. The molecule has 0 spiro atoms. The van der Waals surface area contributed by atoms with E-state index in [-0.39, 0.29) is 17.9 Å². The maximum Gasteiger partial charge on any atom is 0.257 e. The summed E-state index contributed by atoms with van der Waals surface area (Å²) in [6.45, 7) is 1.94. The quantitative estimate of drug-likeness (QED) is 0.715. The molecule has 8 nitrogen and oxygen atoms in total. The van der Waals surface area contributed by atoms with Gasteiger partial charge in [0, 0.05) is 43.2 Å². The van der Waals surface area contributed by atoms with E-state index in [2.05, 4.69) is 20.9 Å². The van der Waals surface area contributed by atoms with E-state index in [1.54, 1.807) is 36.5 Å². The van der Waals surface area contributed by atoms with Crippen molar-refractivity contribution < 1.29 is 19.1 Å². The minimum absolute atomic E-state index is 0.0127. The summed E-state index contributed by atoms with van der Waals surface area (Å²) in [7, 11) is 1.50. The third-order valence-corrected chi connectivity index (χ3v) is 4.09. The predicted molar refractivity (Wildman–Crippen MR) is 101 cm³/mol. The molecule has 1 saturated heterocycles. The van der Waals surface area contributed by atoms with E-state index in [1.165, 1.54) is 13.3 Å². The van der Waals surface area contributed by atoms with Gasteiger partial charge in [-0.25, -0.2) is 0 Å². The van der Waals surface area contributed by atoms with Crippen molar-refractivity contribution in [2.45, 2.75) is 12.5 Å². The second-order valence-corrected chi connectivity index (χ2v) is 6.09. The molecular weight excluding hydrogens is 348 g/mol.